The zero-order valence-corrected chi connectivity index (χ0v) is 14.8. The first-order valence-electron chi connectivity index (χ1n) is 8.68. The smallest absolute Gasteiger partial charge is 0.292 e. The lowest BCUT2D eigenvalue weighted by molar-refractivity contribution is 0.0997. The van der Waals surface area contributed by atoms with Gasteiger partial charge in [-0.25, -0.2) is 0 Å². The van der Waals surface area contributed by atoms with Crippen molar-refractivity contribution in [1.82, 2.24) is 14.8 Å². The van der Waals surface area contributed by atoms with Crippen LogP contribution in [0.5, 0.6) is 0 Å². The predicted octanol–water partition coefficient (Wildman–Crippen LogP) is 4.48. The van der Waals surface area contributed by atoms with E-state index < -0.39 is 0 Å². The van der Waals surface area contributed by atoms with E-state index in [1.807, 2.05) is 66.1 Å². The number of furan rings is 1. The monoisotopic (exact) mass is 358 g/mol. The number of aromatic nitrogens is 3. The number of aryl methyl sites for hydroxylation is 1. The summed E-state index contributed by atoms with van der Waals surface area (Å²) in [5, 5.41) is 11.0. The van der Waals surface area contributed by atoms with Crippen LogP contribution < -0.4 is 5.32 Å². The van der Waals surface area contributed by atoms with Gasteiger partial charge in [-0.05, 0) is 30.7 Å². The second kappa shape index (κ2) is 7.29. The first kappa shape index (κ1) is 16.8. The summed E-state index contributed by atoms with van der Waals surface area (Å²) in [5.41, 5.74) is 3.24. The van der Waals surface area contributed by atoms with Crippen molar-refractivity contribution in [3.63, 3.8) is 0 Å². The van der Waals surface area contributed by atoms with Crippen molar-refractivity contribution >= 4 is 11.6 Å². The highest BCUT2D eigenvalue weighted by Gasteiger charge is 2.17. The van der Waals surface area contributed by atoms with Crippen molar-refractivity contribution in [2.45, 2.75) is 13.5 Å². The Hall–Kier alpha value is -3.67. The van der Waals surface area contributed by atoms with E-state index in [-0.39, 0.29) is 11.7 Å². The molecular formula is C21H18N4O2. The average Bonchev–Trinajstić information content (AvgIpc) is 3.38. The Morgan fingerprint density at radius 3 is 2.70 bits per heavy atom. The van der Waals surface area contributed by atoms with Crippen LogP contribution in [0.1, 0.15) is 17.5 Å². The summed E-state index contributed by atoms with van der Waals surface area (Å²) in [5.74, 6) is 0.743. The van der Waals surface area contributed by atoms with E-state index in [0.717, 1.165) is 29.1 Å². The van der Waals surface area contributed by atoms with E-state index in [0.29, 0.717) is 5.69 Å². The van der Waals surface area contributed by atoms with Crippen LogP contribution in [-0.4, -0.2) is 20.7 Å². The summed E-state index contributed by atoms with van der Waals surface area (Å²) in [4.78, 5) is 12.8. The molecule has 0 aliphatic carbocycles. The van der Waals surface area contributed by atoms with Crippen LogP contribution in [0.2, 0.25) is 0 Å². The van der Waals surface area contributed by atoms with Gasteiger partial charge in [-0.2, -0.15) is 0 Å². The van der Waals surface area contributed by atoms with E-state index in [2.05, 4.69) is 15.5 Å². The van der Waals surface area contributed by atoms with Gasteiger partial charge >= 0.3 is 0 Å². The Morgan fingerprint density at radius 1 is 1.07 bits per heavy atom. The number of nitrogens with one attached hydrogen (secondary N) is 1. The lowest BCUT2D eigenvalue weighted by Crippen LogP contribution is -2.12. The molecule has 0 bridgehead atoms. The topological polar surface area (TPSA) is 73.0 Å². The Kier molecular flexibility index (Phi) is 4.53. The molecular weight excluding hydrogens is 340 g/mol. The fourth-order valence-corrected chi connectivity index (χ4v) is 2.96. The summed E-state index contributed by atoms with van der Waals surface area (Å²) >= 11 is 0. The minimum Gasteiger partial charge on any atom is -0.459 e. The Labute approximate surface area is 156 Å². The summed E-state index contributed by atoms with van der Waals surface area (Å²) in [6, 6.07) is 19.0. The molecule has 2 aromatic carbocycles. The highest BCUT2D eigenvalue weighted by Crippen LogP contribution is 2.26. The van der Waals surface area contributed by atoms with E-state index in [9.17, 15) is 4.79 Å². The maximum absolute atomic E-state index is 12.8. The Morgan fingerprint density at radius 2 is 1.89 bits per heavy atom. The van der Waals surface area contributed by atoms with Gasteiger partial charge in [-0.15, -0.1) is 10.2 Å². The van der Waals surface area contributed by atoms with Crippen LogP contribution in [-0.2, 0) is 6.54 Å². The third kappa shape index (κ3) is 3.37. The molecule has 134 valence electrons. The quantitative estimate of drug-likeness (QED) is 0.571. The van der Waals surface area contributed by atoms with Gasteiger partial charge in [0.2, 0.25) is 0 Å². The van der Waals surface area contributed by atoms with Gasteiger partial charge in [0, 0.05) is 23.4 Å². The molecule has 0 spiro atoms. The number of amides is 1. The van der Waals surface area contributed by atoms with Crippen molar-refractivity contribution in [1.29, 1.82) is 0 Å². The molecule has 4 rings (SSSR count). The first-order valence-corrected chi connectivity index (χ1v) is 8.68. The van der Waals surface area contributed by atoms with E-state index in [1.165, 1.54) is 6.26 Å². The maximum atomic E-state index is 12.8. The minimum absolute atomic E-state index is 0.281. The maximum Gasteiger partial charge on any atom is 0.292 e. The lowest BCUT2D eigenvalue weighted by atomic mass is 10.1. The molecule has 6 heteroatoms. The molecule has 0 aliphatic rings. The van der Waals surface area contributed by atoms with Crippen LogP contribution in [0.3, 0.4) is 0 Å². The standard InChI is InChI=1S/C21H18N4O2/c1-2-25-14-22-24-20(25)16-9-6-10-17(13-16)23-21(26)19-18(11-12-27-19)15-7-4-3-5-8-15/h3-14H,2H2,1H3,(H,23,26). The fraction of sp³-hybridized carbons (Fsp3) is 0.0952. The fourth-order valence-electron chi connectivity index (χ4n) is 2.96. The number of benzene rings is 2. The molecule has 0 radical (unpaired) electrons. The SMILES string of the molecule is CCn1cnnc1-c1cccc(NC(=O)c2occc2-c2ccccc2)c1. The highest BCUT2D eigenvalue weighted by atomic mass is 16.3. The van der Waals surface area contributed by atoms with Crippen LogP contribution in [0.15, 0.2) is 77.7 Å². The van der Waals surface area contributed by atoms with Crippen LogP contribution in [0, 0.1) is 0 Å². The average molecular weight is 358 g/mol. The highest BCUT2D eigenvalue weighted by molar-refractivity contribution is 6.06. The summed E-state index contributed by atoms with van der Waals surface area (Å²) in [6.07, 6.45) is 3.22. The zero-order valence-electron chi connectivity index (χ0n) is 14.8. The number of carbonyl (C=O) groups is 1. The van der Waals surface area contributed by atoms with E-state index in [4.69, 9.17) is 4.42 Å². The molecule has 1 amide bonds. The number of carbonyl (C=O) groups excluding carboxylic acids is 1. The number of hydrogen-bond donors (Lipinski definition) is 1. The van der Waals surface area contributed by atoms with Gasteiger partial charge in [0.05, 0.1) is 6.26 Å². The molecule has 0 saturated carbocycles. The summed E-state index contributed by atoms with van der Waals surface area (Å²) < 4.78 is 7.40. The largest absolute Gasteiger partial charge is 0.459 e. The molecule has 0 atom stereocenters. The first-order chi connectivity index (χ1) is 13.3. The molecule has 0 aliphatic heterocycles. The molecule has 0 fully saturated rings. The second-order valence-corrected chi connectivity index (χ2v) is 6.00. The van der Waals surface area contributed by atoms with Gasteiger partial charge in [-0.1, -0.05) is 42.5 Å². The van der Waals surface area contributed by atoms with E-state index in [1.54, 1.807) is 12.4 Å². The second-order valence-electron chi connectivity index (χ2n) is 6.00. The van der Waals surface area contributed by atoms with Crippen molar-refractivity contribution in [2.75, 3.05) is 5.32 Å². The number of hydrogen-bond acceptors (Lipinski definition) is 4. The third-order valence-electron chi connectivity index (χ3n) is 4.29. The third-order valence-corrected chi connectivity index (χ3v) is 4.29. The number of anilines is 1. The van der Waals surface area contributed by atoms with Crippen molar-refractivity contribution in [3.8, 4) is 22.5 Å². The molecule has 2 heterocycles. The summed E-state index contributed by atoms with van der Waals surface area (Å²) in [7, 11) is 0. The van der Waals surface area contributed by atoms with Gasteiger partial charge in [-0.3, -0.25) is 4.79 Å². The molecule has 0 unspecified atom stereocenters. The van der Waals surface area contributed by atoms with Gasteiger partial charge in [0.15, 0.2) is 11.6 Å². The van der Waals surface area contributed by atoms with Crippen molar-refractivity contribution in [3.05, 3.63) is 79.0 Å². The molecule has 6 nitrogen and oxygen atoms in total. The zero-order chi connectivity index (χ0) is 18.6. The molecule has 0 saturated heterocycles. The van der Waals surface area contributed by atoms with E-state index >= 15 is 0 Å². The molecule has 2 aromatic heterocycles. The van der Waals surface area contributed by atoms with Crippen LogP contribution >= 0.6 is 0 Å². The number of nitrogens with zero attached hydrogens (tertiary/aromatic N) is 3. The summed E-state index contributed by atoms with van der Waals surface area (Å²) in [6.45, 7) is 2.80. The predicted molar refractivity (Wildman–Crippen MR) is 103 cm³/mol. The minimum atomic E-state index is -0.298. The van der Waals surface area contributed by atoms with Gasteiger partial charge in [0.1, 0.15) is 6.33 Å². The van der Waals surface area contributed by atoms with Crippen LogP contribution in [0.25, 0.3) is 22.5 Å². The Balaban J connectivity index is 1.60. The Bertz CT molecular complexity index is 1070. The van der Waals surface area contributed by atoms with Gasteiger partial charge < -0.3 is 14.3 Å². The lowest BCUT2D eigenvalue weighted by Gasteiger charge is -2.08. The van der Waals surface area contributed by atoms with Crippen molar-refractivity contribution in [2.24, 2.45) is 0 Å². The van der Waals surface area contributed by atoms with Crippen molar-refractivity contribution < 1.29 is 9.21 Å². The molecule has 27 heavy (non-hydrogen) atoms. The van der Waals surface area contributed by atoms with Crippen LogP contribution in [0.4, 0.5) is 5.69 Å². The number of rotatable bonds is 5. The normalized spacial score (nSPS) is 10.7. The van der Waals surface area contributed by atoms with Gasteiger partial charge in [0.25, 0.3) is 5.91 Å². The molecule has 1 N–H and O–H groups in total. The molecule has 4 aromatic rings.